The highest BCUT2D eigenvalue weighted by atomic mass is 19.1. The van der Waals surface area contributed by atoms with Gasteiger partial charge in [-0.05, 0) is 12.8 Å². The fourth-order valence-corrected chi connectivity index (χ4v) is 2.40. The number of allylic oxidation sites excluding steroid dienone is 4. The van der Waals surface area contributed by atoms with Gasteiger partial charge in [-0.15, -0.1) is 5.10 Å². The van der Waals surface area contributed by atoms with Crippen molar-refractivity contribution in [2.24, 2.45) is 5.92 Å². The molecular weight excluding hydrogens is 257 g/mol. The minimum atomic E-state index is -1.14. The van der Waals surface area contributed by atoms with Crippen LogP contribution in [-0.2, 0) is 0 Å². The second kappa shape index (κ2) is 6.11. The average molecular weight is 277 g/mol. The van der Waals surface area contributed by atoms with Crippen molar-refractivity contribution in [1.29, 1.82) is 0 Å². The van der Waals surface area contributed by atoms with Crippen molar-refractivity contribution in [1.82, 2.24) is 14.8 Å². The van der Waals surface area contributed by atoms with Crippen molar-refractivity contribution in [2.75, 3.05) is 0 Å². The van der Waals surface area contributed by atoms with Crippen LogP contribution in [-0.4, -0.2) is 20.5 Å². The van der Waals surface area contributed by atoms with Gasteiger partial charge in [0.2, 0.25) is 11.6 Å². The molecule has 0 amide bonds. The number of rotatable bonds is 5. The lowest BCUT2D eigenvalue weighted by molar-refractivity contribution is 0.0977. The molecule has 2 rings (SSSR count). The summed E-state index contributed by atoms with van der Waals surface area (Å²) in [5, 5.41) is 4.21. The summed E-state index contributed by atoms with van der Waals surface area (Å²) in [6.45, 7) is 5.72. The van der Waals surface area contributed by atoms with E-state index in [1.165, 1.54) is 0 Å². The van der Waals surface area contributed by atoms with Gasteiger partial charge in [0.15, 0.2) is 12.0 Å². The first-order valence-corrected chi connectivity index (χ1v) is 7.01. The van der Waals surface area contributed by atoms with Gasteiger partial charge < -0.3 is 0 Å². The van der Waals surface area contributed by atoms with Gasteiger partial charge in [0.1, 0.15) is 0 Å². The summed E-state index contributed by atoms with van der Waals surface area (Å²) in [7, 11) is 0. The Morgan fingerprint density at radius 3 is 2.95 bits per heavy atom. The van der Waals surface area contributed by atoms with E-state index in [0.717, 1.165) is 0 Å². The molecule has 1 aromatic heterocycles. The zero-order valence-electron chi connectivity index (χ0n) is 12.1. The van der Waals surface area contributed by atoms with Crippen LogP contribution in [0.25, 0.3) is 0 Å². The predicted octanol–water partition coefficient (Wildman–Crippen LogP) is 3.59. The van der Waals surface area contributed by atoms with Gasteiger partial charge in [-0.2, -0.15) is 0 Å². The smallest absolute Gasteiger partial charge is 0.217 e. The number of Topliss-reactive ketones (excluding diaryl/α,β-unsaturated/α-hetero) is 1. The summed E-state index contributed by atoms with van der Waals surface area (Å²) in [6.07, 6.45) is 7.42. The van der Waals surface area contributed by atoms with E-state index in [0.29, 0.717) is 12.8 Å². The molecule has 0 aromatic carbocycles. The normalized spacial score (nSPS) is 23.6. The molecule has 1 aromatic rings. The molecule has 1 unspecified atom stereocenters. The summed E-state index contributed by atoms with van der Waals surface area (Å²) in [6, 6.07) is -0.0765. The van der Waals surface area contributed by atoms with Crippen LogP contribution in [0.15, 0.2) is 24.3 Å². The van der Waals surface area contributed by atoms with Gasteiger partial charge in [0.25, 0.3) is 0 Å². The molecule has 2 heterocycles. The maximum Gasteiger partial charge on any atom is 0.217 e. The number of fused-ring (bicyclic) bond motifs is 1. The SMILES string of the molecule is C/C=C\C=C/C(C)[C@@H]1C[C@H](F)c2nc(C(=O)CC)nn21. The van der Waals surface area contributed by atoms with Crippen LogP contribution in [0, 0.1) is 5.92 Å². The lowest BCUT2D eigenvalue weighted by atomic mass is 9.99. The molecule has 20 heavy (non-hydrogen) atoms. The first-order valence-electron chi connectivity index (χ1n) is 7.01. The number of aromatic nitrogens is 3. The minimum Gasteiger partial charge on any atom is -0.291 e. The summed E-state index contributed by atoms with van der Waals surface area (Å²) >= 11 is 0. The van der Waals surface area contributed by atoms with Crippen LogP contribution in [0.5, 0.6) is 0 Å². The van der Waals surface area contributed by atoms with Crippen molar-refractivity contribution < 1.29 is 9.18 Å². The average Bonchev–Trinajstić information content (AvgIpc) is 2.99. The van der Waals surface area contributed by atoms with E-state index in [9.17, 15) is 9.18 Å². The van der Waals surface area contributed by atoms with Crippen molar-refractivity contribution in [3.63, 3.8) is 0 Å². The second-order valence-electron chi connectivity index (χ2n) is 5.06. The van der Waals surface area contributed by atoms with E-state index in [1.54, 1.807) is 11.6 Å². The lowest BCUT2D eigenvalue weighted by Crippen LogP contribution is -2.14. The molecule has 5 heteroatoms. The van der Waals surface area contributed by atoms with E-state index in [-0.39, 0.29) is 29.4 Å². The second-order valence-corrected chi connectivity index (χ2v) is 5.06. The molecule has 0 spiro atoms. The molecule has 0 radical (unpaired) electrons. The molecule has 0 N–H and O–H groups in total. The van der Waals surface area contributed by atoms with Crippen molar-refractivity contribution in [2.45, 2.75) is 45.8 Å². The quantitative estimate of drug-likeness (QED) is 0.610. The van der Waals surface area contributed by atoms with Crippen LogP contribution >= 0.6 is 0 Å². The van der Waals surface area contributed by atoms with Crippen LogP contribution in [0.1, 0.15) is 62.3 Å². The molecule has 0 bridgehead atoms. The Bertz CT molecular complexity index is 547. The van der Waals surface area contributed by atoms with E-state index in [1.807, 2.05) is 38.2 Å². The molecule has 0 fully saturated rings. The van der Waals surface area contributed by atoms with Crippen LogP contribution in [0.2, 0.25) is 0 Å². The molecule has 4 nitrogen and oxygen atoms in total. The number of hydrogen-bond donors (Lipinski definition) is 0. The first kappa shape index (κ1) is 14.6. The zero-order valence-corrected chi connectivity index (χ0v) is 12.1. The summed E-state index contributed by atoms with van der Waals surface area (Å²) < 4.78 is 15.6. The van der Waals surface area contributed by atoms with Gasteiger partial charge in [-0.1, -0.05) is 38.2 Å². The van der Waals surface area contributed by atoms with Crippen molar-refractivity contribution in [3.8, 4) is 0 Å². The minimum absolute atomic E-state index is 0.0765. The zero-order chi connectivity index (χ0) is 14.7. The summed E-state index contributed by atoms with van der Waals surface area (Å²) in [5.74, 6) is 0.421. The Balaban J connectivity index is 2.24. The Labute approximate surface area is 118 Å². The maximum absolute atomic E-state index is 14.0. The number of nitrogens with zero attached hydrogens (tertiary/aromatic N) is 3. The molecule has 0 saturated carbocycles. The number of alkyl halides is 1. The fraction of sp³-hybridized carbons (Fsp3) is 0.533. The van der Waals surface area contributed by atoms with Crippen LogP contribution < -0.4 is 0 Å². The van der Waals surface area contributed by atoms with E-state index in [4.69, 9.17) is 0 Å². The van der Waals surface area contributed by atoms with Gasteiger partial charge in [0, 0.05) is 12.8 Å². The number of halogens is 1. The highest BCUT2D eigenvalue weighted by Gasteiger charge is 2.37. The molecule has 108 valence electrons. The van der Waals surface area contributed by atoms with Crippen molar-refractivity contribution in [3.05, 3.63) is 36.0 Å². The van der Waals surface area contributed by atoms with E-state index >= 15 is 0 Å². The van der Waals surface area contributed by atoms with Gasteiger partial charge >= 0.3 is 0 Å². The van der Waals surface area contributed by atoms with Gasteiger partial charge in [-0.25, -0.2) is 14.1 Å². The number of carbonyl (C=O) groups is 1. The van der Waals surface area contributed by atoms with Crippen LogP contribution in [0.4, 0.5) is 4.39 Å². The predicted molar refractivity (Wildman–Crippen MR) is 75.3 cm³/mol. The van der Waals surface area contributed by atoms with Gasteiger partial charge in [0.05, 0.1) is 6.04 Å². The molecule has 0 aliphatic carbocycles. The van der Waals surface area contributed by atoms with Crippen molar-refractivity contribution >= 4 is 5.78 Å². The molecule has 1 aliphatic rings. The lowest BCUT2D eigenvalue weighted by Gasteiger charge is -2.16. The Kier molecular flexibility index (Phi) is 4.47. The Hall–Kier alpha value is -1.78. The first-order chi connectivity index (χ1) is 9.58. The van der Waals surface area contributed by atoms with Gasteiger partial charge in [-0.3, -0.25) is 4.79 Å². The highest BCUT2D eigenvalue weighted by Crippen LogP contribution is 2.39. The summed E-state index contributed by atoms with van der Waals surface area (Å²) in [5.41, 5.74) is 0. The monoisotopic (exact) mass is 277 g/mol. The topological polar surface area (TPSA) is 47.8 Å². The van der Waals surface area contributed by atoms with E-state index < -0.39 is 6.17 Å². The number of hydrogen-bond acceptors (Lipinski definition) is 3. The Morgan fingerprint density at radius 2 is 2.30 bits per heavy atom. The third kappa shape index (κ3) is 2.71. The maximum atomic E-state index is 14.0. The fourth-order valence-electron chi connectivity index (χ4n) is 2.40. The third-order valence-corrected chi connectivity index (χ3v) is 3.60. The van der Waals surface area contributed by atoms with E-state index in [2.05, 4.69) is 10.1 Å². The van der Waals surface area contributed by atoms with Crippen LogP contribution in [0.3, 0.4) is 0 Å². The molecular formula is C15H20FN3O. The highest BCUT2D eigenvalue weighted by molar-refractivity contribution is 5.92. The molecule has 0 saturated heterocycles. The number of carbonyl (C=O) groups excluding carboxylic acids is 1. The summed E-state index contributed by atoms with van der Waals surface area (Å²) in [4.78, 5) is 15.7. The third-order valence-electron chi connectivity index (χ3n) is 3.60. The Morgan fingerprint density at radius 1 is 1.55 bits per heavy atom. The molecule has 1 aliphatic heterocycles. The number of ketones is 1. The standard InChI is InChI=1S/C15H20FN3O/c1-4-6-7-8-10(3)12-9-11(16)15-17-14(13(20)5-2)18-19(12)15/h4,6-8,10-12H,5,9H2,1-3H3/b6-4-,8-7-/t10?,11-,12-/m0/s1. The molecule has 3 atom stereocenters. The largest absolute Gasteiger partial charge is 0.291 e.